The van der Waals surface area contributed by atoms with Crippen LogP contribution in [0, 0.1) is 0 Å². The van der Waals surface area contributed by atoms with Crippen LogP contribution in [0.2, 0.25) is 0 Å². The summed E-state index contributed by atoms with van der Waals surface area (Å²) in [4.78, 5) is 11.6. The molecular weight excluding hydrogens is 446 g/mol. The minimum atomic E-state index is -3.41. The number of morpholine rings is 1. The largest absolute Gasteiger partial charge is 0.377 e. The lowest BCUT2D eigenvalue weighted by atomic mass is 10.1. The smallest absolute Gasteiger partial charge is 0.170 e. The molecule has 0 spiro atoms. The van der Waals surface area contributed by atoms with Gasteiger partial charge in [-0.2, -0.15) is 0 Å². The summed E-state index contributed by atoms with van der Waals surface area (Å²) in [6.07, 6.45) is 1.24. The molecule has 1 saturated heterocycles. The average molecular weight is 478 g/mol. The summed E-state index contributed by atoms with van der Waals surface area (Å²) in [5.41, 5.74) is 2.10. The Morgan fingerprint density at radius 1 is 1.28 bits per heavy atom. The molecule has 1 aliphatic rings. The molecule has 0 bridgehead atoms. The first-order valence-electron chi connectivity index (χ1n) is 10.6. The van der Waals surface area contributed by atoms with Crippen LogP contribution < -0.4 is 15.5 Å². The molecule has 0 unspecified atom stereocenters. The quantitative estimate of drug-likeness (QED) is 0.609. The van der Waals surface area contributed by atoms with E-state index in [1.165, 1.54) is 6.26 Å². The van der Waals surface area contributed by atoms with Gasteiger partial charge in [0, 0.05) is 36.7 Å². The second kappa shape index (κ2) is 9.68. The maximum atomic E-state index is 12.5. The highest BCUT2D eigenvalue weighted by molar-refractivity contribution is 7.91. The van der Waals surface area contributed by atoms with E-state index in [1.54, 1.807) is 19.9 Å². The lowest BCUT2D eigenvalue weighted by molar-refractivity contribution is 0.0985. The normalized spacial score (nSPS) is 17.2. The Morgan fingerprint density at radius 3 is 2.56 bits per heavy atom. The SMILES string of the molecule is CCNC(=S)Nc1ccc(-c2nc(N3CCOC[C@@H]3C)cc(C(C)(C)S(C)(=O)=O)n2)cc1. The van der Waals surface area contributed by atoms with Crippen molar-refractivity contribution in [3.63, 3.8) is 0 Å². The first-order valence-corrected chi connectivity index (χ1v) is 12.9. The predicted octanol–water partition coefficient (Wildman–Crippen LogP) is 2.95. The summed E-state index contributed by atoms with van der Waals surface area (Å²) in [5, 5.41) is 6.73. The van der Waals surface area contributed by atoms with Crippen LogP contribution in [0.1, 0.15) is 33.4 Å². The molecule has 1 fully saturated rings. The van der Waals surface area contributed by atoms with Crippen LogP contribution in [0.25, 0.3) is 11.4 Å². The van der Waals surface area contributed by atoms with E-state index in [-0.39, 0.29) is 6.04 Å². The zero-order valence-electron chi connectivity index (χ0n) is 19.2. The highest BCUT2D eigenvalue weighted by Gasteiger charge is 2.35. The summed E-state index contributed by atoms with van der Waals surface area (Å²) in [6, 6.07) is 9.50. The maximum Gasteiger partial charge on any atom is 0.170 e. The van der Waals surface area contributed by atoms with Crippen LogP contribution in [-0.4, -0.2) is 62.1 Å². The Hall–Kier alpha value is -2.30. The maximum absolute atomic E-state index is 12.5. The van der Waals surface area contributed by atoms with Crippen LogP contribution in [-0.2, 0) is 19.3 Å². The Balaban J connectivity index is 2.04. The van der Waals surface area contributed by atoms with Gasteiger partial charge in [0.25, 0.3) is 0 Å². The summed E-state index contributed by atoms with van der Waals surface area (Å²) in [5.74, 6) is 1.18. The number of anilines is 2. The third-order valence-electron chi connectivity index (χ3n) is 5.66. The van der Waals surface area contributed by atoms with Crippen LogP contribution in [0.5, 0.6) is 0 Å². The van der Waals surface area contributed by atoms with Gasteiger partial charge in [0.1, 0.15) is 10.6 Å². The molecule has 0 amide bonds. The number of sulfone groups is 1. The van der Waals surface area contributed by atoms with Gasteiger partial charge in [0.2, 0.25) is 0 Å². The van der Waals surface area contributed by atoms with E-state index >= 15 is 0 Å². The molecule has 1 aromatic heterocycles. The van der Waals surface area contributed by atoms with Crippen LogP contribution >= 0.6 is 12.2 Å². The van der Waals surface area contributed by atoms with Crippen LogP contribution in [0.15, 0.2) is 30.3 Å². The Kier molecular flexibility index (Phi) is 7.36. The number of hydrogen-bond acceptors (Lipinski definition) is 7. The molecule has 0 saturated carbocycles. The molecule has 0 aliphatic carbocycles. The van der Waals surface area contributed by atoms with E-state index in [0.29, 0.717) is 42.2 Å². The van der Waals surface area contributed by atoms with Crippen molar-refractivity contribution in [2.75, 3.05) is 42.8 Å². The van der Waals surface area contributed by atoms with Crippen LogP contribution in [0.3, 0.4) is 0 Å². The molecular formula is C22H31N5O3S2. The Bertz CT molecular complexity index is 1070. The zero-order chi connectivity index (χ0) is 23.5. The van der Waals surface area contributed by atoms with Gasteiger partial charge in [-0.1, -0.05) is 0 Å². The van der Waals surface area contributed by atoms with Crippen molar-refractivity contribution >= 4 is 38.7 Å². The minimum Gasteiger partial charge on any atom is -0.377 e. The first kappa shape index (κ1) is 24.3. The fraction of sp³-hybridized carbons (Fsp3) is 0.500. The number of rotatable bonds is 6. The molecule has 2 aromatic rings. The number of nitrogens with zero attached hydrogens (tertiary/aromatic N) is 3. The van der Waals surface area contributed by atoms with E-state index in [9.17, 15) is 8.42 Å². The van der Waals surface area contributed by atoms with Crippen molar-refractivity contribution in [1.29, 1.82) is 0 Å². The van der Waals surface area contributed by atoms with Gasteiger partial charge in [0.15, 0.2) is 20.8 Å². The van der Waals surface area contributed by atoms with E-state index in [4.69, 9.17) is 21.9 Å². The first-order chi connectivity index (χ1) is 15.0. The second-order valence-corrected chi connectivity index (χ2v) is 11.4. The van der Waals surface area contributed by atoms with E-state index in [0.717, 1.165) is 17.8 Å². The number of ether oxygens (including phenoxy) is 1. The van der Waals surface area contributed by atoms with Gasteiger partial charge in [-0.15, -0.1) is 0 Å². The highest BCUT2D eigenvalue weighted by atomic mass is 32.2. The van der Waals surface area contributed by atoms with Gasteiger partial charge < -0.3 is 20.3 Å². The molecule has 2 N–H and O–H groups in total. The summed E-state index contributed by atoms with van der Waals surface area (Å²) >= 11 is 5.24. The standard InChI is InChI=1S/C22H31N5O3S2/c1-6-23-21(31)24-17-9-7-16(8-10-17)20-25-18(22(3,4)32(5,28)29)13-19(26-20)27-11-12-30-14-15(27)2/h7-10,13,15H,6,11-12,14H2,1-5H3,(H2,23,24,31)/t15-/m0/s1. The summed E-state index contributed by atoms with van der Waals surface area (Å²) in [6.45, 7) is 10.0. The van der Waals surface area contributed by atoms with Crippen molar-refractivity contribution in [2.45, 2.75) is 38.5 Å². The third-order valence-corrected chi connectivity index (χ3v) is 7.97. The number of thiocarbonyl (C=S) groups is 1. The summed E-state index contributed by atoms with van der Waals surface area (Å²) < 4.78 is 29.5. The van der Waals surface area contributed by atoms with Gasteiger partial charge in [-0.3, -0.25) is 0 Å². The van der Waals surface area contributed by atoms with Crippen molar-refractivity contribution in [3.8, 4) is 11.4 Å². The lowest BCUT2D eigenvalue weighted by Gasteiger charge is -2.35. The van der Waals surface area contributed by atoms with Gasteiger partial charge in [-0.05, 0) is 64.2 Å². The van der Waals surface area contributed by atoms with Crippen molar-refractivity contribution in [1.82, 2.24) is 15.3 Å². The molecule has 174 valence electrons. The molecule has 32 heavy (non-hydrogen) atoms. The molecule has 1 atom stereocenters. The third kappa shape index (κ3) is 5.36. The average Bonchev–Trinajstić information content (AvgIpc) is 2.73. The Labute approximate surface area is 195 Å². The fourth-order valence-corrected chi connectivity index (χ4v) is 4.06. The molecule has 0 radical (unpaired) electrons. The molecule has 2 heterocycles. The molecule has 1 aliphatic heterocycles. The number of aromatic nitrogens is 2. The monoisotopic (exact) mass is 477 g/mol. The van der Waals surface area contributed by atoms with Crippen molar-refractivity contribution in [2.24, 2.45) is 0 Å². The van der Waals surface area contributed by atoms with Crippen LogP contribution in [0.4, 0.5) is 11.5 Å². The number of nitrogens with one attached hydrogen (secondary N) is 2. The zero-order valence-corrected chi connectivity index (χ0v) is 20.8. The molecule has 3 rings (SSSR count). The van der Waals surface area contributed by atoms with Gasteiger partial charge in [-0.25, -0.2) is 18.4 Å². The van der Waals surface area contributed by atoms with E-state index in [2.05, 4.69) is 27.4 Å². The van der Waals surface area contributed by atoms with Crippen molar-refractivity contribution in [3.05, 3.63) is 36.0 Å². The second-order valence-electron chi connectivity index (χ2n) is 8.40. The highest BCUT2D eigenvalue weighted by Crippen LogP contribution is 2.32. The minimum absolute atomic E-state index is 0.124. The molecule has 1 aromatic carbocycles. The number of hydrogen-bond donors (Lipinski definition) is 2. The molecule has 8 nitrogen and oxygen atoms in total. The van der Waals surface area contributed by atoms with E-state index < -0.39 is 14.6 Å². The van der Waals surface area contributed by atoms with Crippen molar-refractivity contribution < 1.29 is 13.2 Å². The fourth-order valence-electron chi connectivity index (χ4n) is 3.32. The lowest BCUT2D eigenvalue weighted by Crippen LogP contribution is -2.44. The topological polar surface area (TPSA) is 96.5 Å². The predicted molar refractivity (Wildman–Crippen MR) is 133 cm³/mol. The Morgan fingerprint density at radius 2 is 1.97 bits per heavy atom. The number of benzene rings is 1. The van der Waals surface area contributed by atoms with E-state index in [1.807, 2.05) is 31.2 Å². The molecule has 10 heteroatoms. The van der Waals surface area contributed by atoms with Gasteiger partial charge >= 0.3 is 0 Å². The summed E-state index contributed by atoms with van der Waals surface area (Å²) in [7, 11) is -3.41. The van der Waals surface area contributed by atoms with Gasteiger partial charge in [0.05, 0.1) is 24.9 Å².